The first kappa shape index (κ1) is 20.2. The summed E-state index contributed by atoms with van der Waals surface area (Å²) in [5.41, 5.74) is 6.28. The molecule has 1 aromatic carbocycles. The summed E-state index contributed by atoms with van der Waals surface area (Å²) in [6.45, 7) is 3.45. The number of β-amino-alcohol motifs (C(OH)–C–C–N with tert-alkyl or cyclic N) is 1. The molecule has 4 N–H and O–H groups in total. The Kier molecular flexibility index (Phi) is 7.41. The first-order chi connectivity index (χ1) is 12.5. The van der Waals surface area contributed by atoms with Crippen molar-refractivity contribution >= 4 is 11.8 Å². The van der Waals surface area contributed by atoms with Crippen molar-refractivity contribution in [3.05, 3.63) is 30.3 Å². The molecular weight excluding hydrogens is 344 g/mol. The minimum Gasteiger partial charge on any atom is -0.392 e. The Labute approximate surface area is 162 Å². The minimum atomic E-state index is -0.562. The van der Waals surface area contributed by atoms with E-state index in [0.717, 1.165) is 24.8 Å². The first-order valence-electron chi connectivity index (χ1n) is 10.1. The van der Waals surface area contributed by atoms with Crippen LogP contribution in [0.1, 0.15) is 39.0 Å². The molecule has 1 saturated heterocycles. The highest BCUT2D eigenvalue weighted by atomic mass is 32.2. The Bertz CT molecular complexity index is 542. The molecule has 0 spiro atoms. The van der Waals surface area contributed by atoms with Gasteiger partial charge < -0.3 is 15.9 Å². The molecule has 6 atom stereocenters. The van der Waals surface area contributed by atoms with Crippen molar-refractivity contribution in [2.24, 2.45) is 17.6 Å². The van der Waals surface area contributed by atoms with Gasteiger partial charge in [0.15, 0.2) is 0 Å². The number of benzene rings is 1. The highest BCUT2D eigenvalue weighted by Crippen LogP contribution is 2.39. The maximum Gasteiger partial charge on any atom is 0.0826 e. The van der Waals surface area contributed by atoms with Gasteiger partial charge in [0.05, 0.1) is 12.2 Å². The van der Waals surface area contributed by atoms with Crippen LogP contribution >= 0.6 is 11.8 Å². The van der Waals surface area contributed by atoms with Crippen molar-refractivity contribution in [1.29, 1.82) is 0 Å². The molecule has 1 aromatic rings. The second-order valence-corrected chi connectivity index (χ2v) is 9.25. The van der Waals surface area contributed by atoms with E-state index < -0.39 is 6.10 Å². The lowest BCUT2D eigenvalue weighted by atomic mass is 9.72. The molecule has 1 aliphatic carbocycles. The molecule has 2 fully saturated rings. The average Bonchev–Trinajstić information content (AvgIpc) is 2.66. The van der Waals surface area contributed by atoms with E-state index >= 15 is 0 Å². The zero-order valence-corrected chi connectivity index (χ0v) is 16.7. The van der Waals surface area contributed by atoms with Gasteiger partial charge in [-0.3, -0.25) is 4.90 Å². The molecule has 26 heavy (non-hydrogen) atoms. The summed E-state index contributed by atoms with van der Waals surface area (Å²) in [6.07, 6.45) is 5.38. The lowest BCUT2D eigenvalue weighted by molar-refractivity contribution is -0.0405. The fourth-order valence-corrected chi connectivity index (χ4v) is 5.60. The Hall–Kier alpha value is -0.590. The summed E-state index contributed by atoms with van der Waals surface area (Å²) in [6, 6.07) is 10.1. The highest BCUT2D eigenvalue weighted by Gasteiger charge is 2.39. The number of aliphatic hydroxyl groups is 2. The van der Waals surface area contributed by atoms with Crippen molar-refractivity contribution in [3.63, 3.8) is 0 Å². The zero-order chi connectivity index (χ0) is 18.5. The molecule has 1 aliphatic heterocycles. The van der Waals surface area contributed by atoms with Gasteiger partial charge in [0.1, 0.15) is 0 Å². The van der Waals surface area contributed by atoms with Crippen LogP contribution in [-0.4, -0.2) is 58.2 Å². The molecule has 0 bridgehead atoms. The number of piperidine rings is 1. The molecule has 1 heterocycles. The van der Waals surface area contributed by atoms with Crippen molar-refractivity contribution < 1.29 is 10.2 Å². The molecule has 0 aromatic heterocycles. The lowest BCUT2D eigenvalue weighted by Gasteiger charge is -2.48. The van der Waals surface area contributed by atoms with Gasteiger partial charge >= 0.3 is 0 Å². The summed E-state index contributed by atoms with van der Waals surface area (Å²) in [5, 5.41) is 21.0. The van der Waals surface area contributed by atoms with Crippen LogP contribution in [0.4, 0.5) is 0 Å². The molecule has 1 saturated carbocycles. The van der Waals surface area contributed by atoms with Crippen molar-refractivity contribution in [3.8, 4) is 0 Å². The van der Waals surface area contributed by atoms with Gasteiger partial charge in [-0.05, 0) is 43.7 Å². The Morgan fingerprint density at radius 2 is 1.85 bits per heavy atom. The van der Waals surface area contributed by atoms with Crippen LogP contribution in [0.2, 0.25) is 0 Å². The molecule has 4 nitrogen and oxygen atoms in total. The summed E-state index contributed by atoms with van der Waals surface area (Å²) < 4.78 is 0. The molecule has 0 radical (unpaired) electrons. The van der Waals surface area contributed by atoms with E-state index in [1.165, 1.54) is 30.6 Å². The molecule has 3 rings (SSSR count). The van der Waals surface area contributed by atoms with E-state index in [1.807, 2.05) is 25.1 Å². The molecule has 0 amide bonds. The van der Waals surface area contributed by atoms with Crippen LogP contribution in [0.5, 0.6) is 0 Å². The second kappa shape index (κ2) is 9.56. The van der Waals surface area contributed by atoms with Gasteiger partial charge in [-0.2, -0.15) is 0 Å². The predicted molar refractivity (Wildman–Crippen MR) is 108 cm³/mol. The van der Waals surface area contributed by atoms with Gasteiger partial charge in [0.25, 0.3) is 0 Å². The predicted octanol–water partition coefficient (Wildman–Crippen LogP) is 2.73. The van der Waals surface area contributed by atoms with Gasteiger partial charge in [-0.15, -0.1) is 11.8 Å². The van der Waals surface area contributed by atoms with Gasteiger partial charge in [-0.1, -0.05) is 37.5 Å². The monoisotopic (exact) mass is 378 g/mol. The van der Waals surface area contributed by atoms with Crippen molar-refractivity contribution in [1.82, 2.24) is 4.90 Å². The third kappa shape index (κ3) is 5.23. The van der Waals surface area contributed by atoms with E-state index in [9.17, 15) is 10.2 Å². The van der Waals surface area contributed by atoms with Crippen LogP contribution in [0.15, 0.2) is 35.2 Å². The number of fused-ring (bicyclic) bond motifs is 1. The summed E-state index contributed by atoms with van der Waals surface area (Å²) in [5.74, 6) is 2.17. The summed E-state index contributed by atoms with van der Waals surface area (Å²) >= 11 is 1.69. The van der Waals surface area contributed by atoms with Crippen LogP contribution in [0.3, 0.4) is 0 Å². The number of rotatable bonds is 7. The SMILES string of the molecule is CC(O)[C@@H]1C[C@@H]2CCCC[C@@H]2CN1C[C@@H](O)[C@@H](N)CSc1ccccc1. The Morgan fingerprint density at radius 1 is 1.15 bits per heavy atom. The number of aliphatic hydroxyl groups excluding tert-OH is 2. The molecular formula is C21H34N2O2S. The Balaban J connectivity index is 1.54. The van der Waals surface area contributed by atoms with Gasteiger partial charge in [0.2, 0.25) is 0 Å². The third-order valence-corrected chi connectivity index (χ3v) is 7.36. The molecule has 5 heteroatoms. The van der Waals surface area contributed by atoms with Crippen LogP contribution < -0.4 is 5.73 Å². The van der Waals surface area contributed by atoms with E-state index in [-0.39, 0.29) is 18.2 Å². The molecule has 2 aliphatic rings. The molecule has 1 unspecified atom stereocenters. The van der Waals surface area contributed by atoms with E-state index in [0.29, 0.717) is 12.3 Å². The summed E-state index contributed by atoms with van der Waals surface area (Å²) in [7, 11) is 0. The first-order valence-corrected chi connectivity index (χ1v) is 11.1. The number of hydrogen-bond donors (Lipinski definition) is 3. The summed E-state index contributed by atoms with van der Waals surface area (Å²) in [4.78, 5) is 3.49. The third-order valence-electron chi connectivity index (χ3n) is 6.21. The minimum absolute atomic E-state index is 0.151. The number of hydrogen-bond acceptors (Lipinski definition) is 5. The van der Waals surface area contributed by atoms with E-state index in [2.05, 4.69) is 17.0 Å². The quantitative estimate of drug-likeness (QED) is 0.637. The highest BCUT2D eigenvalue weighted by molar-refractivity contribution is 7.99. The van der Waals surface area contributed by atoms with Crippen LogP contribution in [0, 0.1) is 11.8 Å². The maximum absolute atomic E-state index is 10.7. The topological polar surface area (TPSA) is 69.7 Å². The number of nitrogens with two attached hydrogens (primary N) is 1. The second-order valence-electron chi connectivity index (χ2n) is 8.16. The number of thioether (sulfide) groups is 1. The lowest BCUT2D eigenvalue weighted by Crippen LogP contribution is -2.56. The largest absolute Gasteiger partial charge is 0.392 e. The van der Waals surface area contributed by atoms with Crippen LogP contribution in [0.25, 0.3) is 0 Å². The number of likely N-dealkylation sites (tertiary alicyclic amines) is 1. The fraction of sp³-hybridized carbons (Fsp3) is 0.714. The van der Waals surface area contributed by atoms with Gasteiger partial charge in [-0.25, -0.2) is 0 Å². The zero-order valence-electron chi connectivity index (χ0n) is 15.8. The van der Waals surface area contributed by atoms with E-state index in [4.69, 9.17) is 5.73 Å². The maximum atomic E-state index is 10.7. The number of nitrogens with zero attached hydrogens (tertiary/aromatic N) is 1. The van der Waals surface area contributed by atoms with E-state index in [1.54, 1.807) is 11.8 Å². The van der Waals surface area contributed by atoms with Crippen molar-refractivity contribution in [2.45, 2.75) is 68.2 Å². The van der Waals surface area contributed by atoms with Crippen molar-refractivity contribution in [2.75, 3.05) is 18.8 Å². The fourth-order valence-electron chi connectivity index (χ4n) is 4.64. The standard InChI is InChI=1S/C21H34N2O2S/c1-15(24)20-11-16-7-5-6-8-17(16)12-23(20)13-21(25)19(22)14-26-18-9-3-2-4-10-18/h2-4,9-10,15-17,19-21,24-25H,5-8,11-14,22H2,1H3/t15?,16-,17+,19-,20-,21+/m0/s1. The smallest absolute Gasteiger partial charge is 0.0826 e. The molecule has 146 valence electrons. The van der Waals surface area contributed by atoms with Crippen LogP contribution in [-0.2, 0) is 0 Å². The normalized spacial score (nSPS) is 30.4. The Morgan fingerprint density at radius 3 is 2.54 bits per heavy atom. The van der Waals surface area contributed by atoms with Gasteiger partial charge in [0, 0.05) is 35.8 Å². The average molecular weight is 379 g/mol.